The molecule has 0 fully saturated rings. The third-order valence-corrected chi connectivity index (χ3v) is 4.60. The Labute approximate surface area is 125 Å². The molecule has 4 nitrogen and oxygen atoms in total. The number of carbonyl (C=O) groups excluding carboxylic acids is 1. The minimum absolute atomic E-state index is 0.126. The zero-order valence-electron chi connectivity index (χ0n) is 9.42. The van der Waals surface area contributed by atoms with Crippen molar-refractivity contribution >= 4 is 62.2 Å². The molecule has 2 heterocycles. The number of hydrogen-bond acceptors (Lipinski definition) is 4. The lowest BCUT2D eigenvalue weighted by Crippen LogP contribution is -2.09. The fraction of sp³-hybridized carbons (Fsp3) is 0. The summed E-state index contributed by atoms with van der Waals surface area (Å²) in [4.78, 5) is 23.6. The summed E-state index contributed by atoms with van der Waals surface area (Å²) in [6.45, 7) is 0. The van der Waals surface area contributed by atoms with Crippen molar-refractivity contribution in [2.45, 2.75) is 0 Å². The van der Waals surface area contributed by atoms with Gasteiger partial charge in [0.15, 0.2) is 0 Å². The van der Waals surface area contributed by atoms with Crippen LogP contribution in [0.5, 0.6) is 0 Å². The van der Waals surface area contributed by atoms with E-state index in [0.29, 0.717) is 5.69 Å². The summed E-state index contributed by atoms with van der Waals surface area (Å²) in [7, 11) is 0. The first-order chi connectivity index (χ1) is 9.06. The van der Waals surface area contributed by atoms with Crippen LogP contribution in [0.1, 0.15) is 14.5 Å². The standard InChI is InChI=1S/C12H8BrNO3S2/c13-9-3-1-7(19-9)2-4-10(15)14-8-5-6-18-11(8)12(16)17/h1-6H,(H,14,15)(H,16,17)/b4-2+. The van der Waals surface area contributed by atoms with E-state index >= 15 is 0 Å². The monoisotopic (exact) mass is 357 g/mol. The van der Waals surface area contributed by atoms with Crippen LogP contribution in [-0.2, 0) is 4.79 Å². The minimum Gasteiger partial charge on any atom is -0.477 e. The Morgan fingerprint density at radius 3 is 2.74 bits per heavy atom. The van der Waals surface area contributed by atoms with Gasteiger partial charge in [0.25, 0.3) is 0 Å². The second kappa shape index (κ2) is 6.14. The fourth-order valence-electron chi connectivity index (χ4n) is 1.32. The number of amides is 1. The summed E-state index contributed by atoms with van der Waals surface area (Å²) in [6.07, 6.45) is 3.05. The number of anilines is 1. The number of halogens is 1. The lowest BCUT2D eigenvalue weighted by Gasteiger charge is -2.00. The number of carbonyl (C=O) groups is 2. The van der Waals surface area contributed by atoms with E-state index in [-0.39, 0.29) is 10.8 Å². The van der Waals surface area contributed by atoms with Crippen LogP contribution < -0.4 is 5.32 Å². The first kappa shape index (κ1) is 14.0. The molecule has 2 aromatic rings. The van der Waals surface area contributed by atoms with Gasteiger partial charge in [-0.25, -0.2) is 4.79 Å². The Morgan fingerprint density at radius 1 is 1.32 bits per heavy atom. The Kier molecular flexibility index (Phi) is 4.52. The lowest BCUT2D eigenvalue weighted by atomic mass is 10.3. The molecule has 0 aromatic carbocycles. The van der Waals surface area contributed by atoms with E-state index < -0.39 is 5.97 Å². The van der Waals surface area contributed by atoms with Gasteiger partial charge in [-0.05, 0) is 45.6 Å². The Morgan fingerprint density at radius 2 is 2.11 bits per heavy atom. The van der Waals surface area contributed by atoms with Gasteiger partial charge < -0.3 is 10.4 Å². The summed E-state index contributed by atoms with van der Waals surface area (Å²) >= 11 is 5.91. The maximum Gasteiger partial charge on any atom is 0.348 e. The van der Waals surface area contributed by atoms with Gasteiger partial charge >= 0.3 is 5.97 Å². The van der Waals surface area contributed by atoms with Crippen molar-refractivity contribution in [3.63, 3.8) is 0 Å². The number of thiophene rings is 2. The van der Waals surface area contributed by atoms with Crippen molar-refractivity contribution in [1.82, 2.24) is 0 Å². The van der Waals surface area contributed by atoms with Crippen molar-refractivity contribution in [3.8, 4) is 0 Å². The fourth-order valence-corrected chi connectivity index (χ4v) is 3.34. The minimum atomic E-state index is -1.04. The van der Waals surface area contributed by atoms with Gasteiger partial charge in [-0.3, -0.25) is 4.79 Å². The highest BCUT2D eigenvalue weighted by Crippen LogP contribution is 2.24. The van der Waals surface area contributed by atoms with Crippen LogP contribution in [0.15, 0.2) is 33.4 Å². The molecule has 0 aliphatic rings. The van der Waals surface area contributed by atoms with Gasteiger partial charge in [-0.1, -0.05) is 0 Å². The average Bonchev–Trinajstić information content (AvgIpc) is 2.95. The van der Waals surface area contributed by atoms with Crippen LogP contribution in [0, 0.1) is 0 Å². The smallest absolute Gasteiger partial charge is 0.348 e. The normalized spacial score (nSPS) is 10.8. The van der Waals surface area contributed by atoms with Gasteiger partial charge in [-0.2, -0.15) is 0 Å². The van der Waals surface area contributed by atoms with Crippen LogP contribution in [-0.4, -0.2) is 17.0 Å². The number of rotatable bonds is 4. The molecule has 1 amide bonds. The first-order valence-electron chi connectivity index (χ1n) is 5.11. The molecule has 0 saturated carbocycles. The van der Waals surface area contributed by atoms with E-state index in [2.05, 4.69) is 21.2 Å². The molecule has 2 N–H and O–H groups in total. The molecule has 0 spiro atoms. The van der Waals surface area contributed by atoms with Crippen molar-refractivity contribution in [3.05, 3.63) is 43.2 Å². The lowest BCUT2D eigenvalue weighted by molar-refractivity contribution is -0.111. The van der Waals surface area contributed by atoms with Crippen molar-refractivity contribution in [1.29, 1.82) is 0 Å². The van der Waals surface area contributed by atoms with Crippen molar-refractivity contribution in [2.75, 3.05) is 5.32 Å². The molecule has 19 heavy (non-hydrogen) atoms. The summed E-state index contributed by atoms with van der Waals surface area (Å²) in [5.41, 5.74) is 0.319. The maximum atomic E-state index is 11.7. The Balaban J connectivity index is 2.03. The van der Waals surface area contributed by atoms with Crippen LogP contribution in [0.25, 0.3) is 6.08 Å². The molecule has 0 atom stereocenters. The van der Waals surface area contributed by atoms with E-state index in [4.69, 9.17) is 5.11 Å². The van der Waals surface area contributed by atoms with Crippen LogP contribution in [0.3, 0.4) is 0 Å². The zero-order valence-corrected chi connectivity index (χ0v) is 12.6. The molecule has 0 saturated heterocycles. The molecule has 0 unspecified atom stereocenters. The summed E-state index contributed by atoms with van der Waals surface area (Å²) in [5, 5.41) is 13.1. The summed E-state index contributed by atoms with van der Waals surface area (Å²) in [5.74, 6) is -1.40. The number of hydrogen-bond donors (Lipinski definition) is 2. The largest absolute Gasteiger partial charge is 0.477 e. The van der Waals surface area contributed by atoms with E-state index in [1.165, 1.54) is 17.4 Å². The molecular formula is C12H8BrNO3S2. The molecule has 0 aliphatic carbocycles. The van der Waals surface area contributed by atoms with E-state index in [1.54, 1.807) is 17.5 Å². The van der Waals surface area contributed by atoms with Gasteiger partial charge in [0.2, 0.25) is 5.91 Å². The number of carboxylic acid groups (broad SMARTS) is 1. The van der Waals surface area contributed by atoms with Crippen LogP contribution in [0.4, 0.5) is 5.69 Å². The SMILES string of the molecule is O=C(/C=C/c1ccc(Br)s1)Nc1ccsc1C(=O)O. The Hall–Kier alpha value is -1.44. The predicted octanol–water partition coefficient (Wildman–Crippen LogP) is 3.92. The first-order valence-corrected chi connectivity index (χ1v) is 7.60. The number of carboxylic acids is 1. The molecular weight excluding hydrogens is 350 g/mol. The van der Waals surface area contributed by atoms with E-state index in [1.807, 2.05) is 12.1 Å². The summed E-state index contributed by atoms with van der Waals surface area (Å²) < 4.78 is 0.985. The van der Waals surface area contributed by atoms with Crippen molar-refractivity contribution < 1.29 is 14.7 Å². The predicted molar refractivity (Wildman–Crippen MR) is 81.0 cm³/mol. The maximum absolute atomic E-state index is 11.7. The molecule has 0 bridgehead atoms. The molecule has 7 heteroatoms. The molecule has 0 aliphatic heterocycles. The van der Waals surface area contributed by atoms with E-state index in [9.17, 15) is 9.59 Å². The zero-order chi connectivity index (χ0) is 13.8. The highest BCUT2D eigenvalue weighted by Gasteiger charge is 2.12. The van der Waals surface area contributed by atoms with Crippen LogP contribution >= 0.6 is 38.6 Å². The second-order valence-corrected chi connectivity index (χ2v) is 6.84. The molecule has 2 aromatic heterocycles. The van der Waals surface area contributed by atoms with Gasteiger partial charge in [0.1, 0.15) is 4.88 Å². The van der Waals surface area contributed by atoms with Gasteiger partial charge in [0, 0.05) is 11.0 Å². The number of aromatic carboxylic acids is 1. The van der Waals surface area contributed by atoms with Gasteiger partial charge in [0.05, 0.1) is 9.47 Å². The summed E-state index contributed by atoms with van der Waals surface area (Å²) in [6, 6.07) is 5.34. The van der Waals surface area contributed by atoms with Gasteiger partial charge in [-0.15, -0.1) is 22.7 Å². The second-order valence-electron chi connectivity index (χ2n) is 3.43. The van der Waals surface area contributed by atoms with Crippen molar-refractivity contribution in [2.24, 2.45) is 0 Å². The molecule has 0 radical (unpaired) electrons. The van der Waals surface area contributed by atoms with Crippen LogP contribution in [0.2, 0.25) is 0 Å². The highest BCUT2D eigenvalue weighted by molar-refractivity contribution is 9.11. The number of nitrogens with one attached hydrogen (secondary N) is 1. The quantitative estimate of drug-likeness (QED) is 0.814. The third-order valence-electron chi connectivity index (χ3n) is 2.11. The third kappa shape index (κ3) is 3.76. The molecule has 2 rings (SSSR count). The van der Waals surface area contributed by atoms with E-state index in [0.717, 1.165) is 20.0 Å². The topological polar surface area (TPSA) is 66.4 Å². The average molecular weight is 358 g/mol. The highest BCUT2D eigenvalue weighted by atomic mass is 79.9. The molecule has 98 valence electrons. The Bertz CT molecular complexity index is 645.